The third-order valence-electron chi connectivity index (χ3n) is 0. The van der Waals surface area contributed by atoms with Crippen molar-refractivity contribution in [3.05, 3.63) is 46.0 Å². The van der Waals surface area contributed by atoms with Crippen molar-refractivity contribution >= 4 is 0 Å². The molecule has 0 bridgehead atoms. The summed E-state index contributed by atoms with van der Waals surface area (Å²) in [6.07, 6.45) is 0. The van der Waals surface area contributed by atoms with Crippen molar-refractivity contribution in [1.82, 2.24) is 0 Å². The van der Waals surface area contributed by atoms with Gasteiger partial charge in [0.15, 0.2) is 0 Å². The van der Waals surface area contributed by atoms with E-state index in [-0.39, 0.29) is 17.4 Å². The van der Waals surface area contributed by atoms with E-state index in [4.69, 9.17) is 51.1 Å². The molecule has 0 aromatic heterocycles. The molecule has 1 N–H and O–H groups in total. The first kappa shape index (κ1) is 29.2. The maximum absolute atomic E-state index is 8.25. The van der Waals surface area contributed by atoms with Crippen LogP contribution in [0.25, 0.3) is 0 Å². The maximum Gasteiger partial charge on any atom is 3.00 e. The number of aliphatic hydroxyl groups is 1. The van der Waals surface area contributed by atoms with Crippen LogP contribution in [0.5, 0.6) is 0 Å². The molecule has 0 aromatic rings. The van der Waals surface area contributed by atoms with Gasteiger partial charge in [-0.2, -0.15) is 0 Å². The van der Waals surface area contributed by atoms with Gasteiger partial charge in [-0.1, -0.05) is 0 Å². The Balaban J connectivity index is -0.0000000298. The van der Waals surface area contributed by atoms with Crippen molar-refractivity contribution in [2.45, 2.75) is 0 Å². The fourth-order valence-electron chi connectivity index (χ4n) is 0. The van der Waals surface area contributed by atoms with Crippen LogP contribution >= 0.6 is 0 Å². The Morgan fingerprint density at radius 1 is 0.667 bits per heavy atom. The molecule has 0 aromatic carbocycles. The van der Waals surface area contributed by atoms with E-state index >= 15 is 0 Å². The van der Waals surface area contributed by atoms with E-state index in [0.29, 0.717) is 0 Å². The van der Waals surface area contributed by atoms with E-state index in [0.717, 1.165) is 7.11 Å². The largest absolute Gasteiger partial charge is 3.00 e. The summed E-state index contributed by atoms with van der Waals surface area (Å²) in [6, 6.07) is 0. The summed E-state index contributed by atoms with van der Waals surface area (Å²) in [5.74, 6) is 0. The monoisotopic (exact) mass is 270 g/mol. The van der Waals surface area contributed by atoms with Crippen LogP contribution < -0.4 is 0 Å². The molecule has 0 rings (SSSR count). The molecule has 0 saturated heterocycles. The van der Waals surface area contributed by atoms with Crippen molar-refractivity contribution in [3.8, 4) is 0 Å². The third kappa shape index (κ3) is 339. The van der Waals surface area contributed by atoms with Gasteiger partial charge < -0.3 is 51.1 Å². The average molecular weight is 270 g/mol. The first-order valence-electron chi connectivity index (χ1n) is 2.09. The van der Waals surface area contributed by atoms with Gasteiger partial charge in [-0.3, -0.25) is 0 Å². The number of hydrogen-bond acceptors (Lipinski definition) is 10. The van der Waals surface area contributed by atoms with Crippen molar-refractivity contribution in [3.63, 3.8) is 0 Å². The van der Waals surface area contributed by atoms with Crippen LogP contribution in [0.2, 0.25) is 0 Å². The van der Waals surface area contributed by atoms with E-state index in [2.05, 4.69) is 0 Å². The molecule has 0 atom stereocenters. The van der Waals surface area contributed by atoms with Crippen molar-refractivity contribution in [2.24, 2.45) is 0 Å². The molecular weight excluding hydrogens is 266 g/mol. The molecule has 0 spiro atoms. The molecule has 0 saturated carbocycles. The first-order chi connectivity index (χ1) is 6.20. The zero-order chi connectivity index (χ0) is 12.7. The van der Waals surface area contributed by atoms with Gasteiger partial charge in [0.2, 0.25) is 0 Å². The fourth-order valence-corrected chi connectivity index (χ4v) is 0. The minimum atomic E-state index is -1.75. The second-order valence-corrected chi connectivity index (χ2v) is 0.671. The van der Waals surface area contributed by atoms with Gasteiger partial charge in [-0.25, -0.2) is 0 Å². The summed E-state index contributed by atoms with van der Waals surface area (Å²) in [4.78, 5) is 24.8. The van der Waals surface area contributed by atoms with Crippen LogP contribution in [0.3, 0.4) is 0 Å². The summed E-state index contributed by atoms with van der Waals surface area (Å²) in [5.41, 5.74) is 0. The summed E-state index contributed by atoms with van der Waals surface area (Å²) in [6.45, 7) is 0. The van der Waals surface area contributed by atoms with Crippen molar-refractivity contribution in [1.29, 1.82) is 0 Å². The summed E-state index contributed by atoms with van der Waals surface area (Å²) >= 11 is 0. The molecule has 15 heavy (non-hydrogen) atoms. The molecule has 1 radical (unpaired) electrons. The normalized spacial score (nSPS) is 5.20. The number of aliphatic hydroxyl groups excluding tert-OH is 1. The average Bonchev–Trinajstić information content (AvgIpc) is 1.86. The van der Waals surface area contributed by atoms with Crippen LogP contribution in [0.1, 0.15) is 0 Å². The Hall–Kier alpha value is -1.91. The molecule has 0 aliphatic rings. The summed E-state index contributed by atoms with van der Waals surface area (Å²) in [5, 5.41) is 51.2. The number of rotatable bonds is 0. The van der Waals surface area contributed by atoms with Gasteiger partial charge in [0, 0.05) is 7.11 Å². The Morgan fingerprint density at radius 2 is 0.667 bits per heavy atom. The van der Waals surface area contributed by atoms with E-state index < -0.39 is 15.3 Å². The maximum atomic E-state index is 8.25. The molecule has 0 unspecified atom stereocenters. The number of nitrogens with zero attached hydrogens (tertiary/aromatic N) is 3. The number of hydrogen-bond donors (Lipinski definition) is 1. The SMILES string of the molecule is CO.O=[N+]([O-])[O-].O=[N+]([O-])[O-].O=[N+]([O-])[O-].[Cr+3]. The first-order valence-corrected chi connectivity index (χ1v) is 2.09. The van der Waals surface area contributed by atoms with Gasteiger partial charge in [0.05, 0.1) is 15.3 Å². The third-order valence-corrected chi connectivity index (χ3v) is 0. The molecule has 0 fully saturated rings. The van der Waals surface area contributed by atoms with Crippen LogP contribution in [-0.4, -0.2) is 27.5 Å². The van der Waals surface area contributed by atoms with E-state index in [1.165, 1.54) is 0 Å². The predicted molar refractivity (Wildman–Crippen MR) is 39.2 cm³/mol. The molecule has 14 heteroatoms. The second kappa shape index (κ2) is 29.6. The second-order valence-electron chi connectivity index (χ2n) is 0.671. The predicted octanol–water partition coefficient (Wildman–Crippen LogP) is -1.11. The van der Waals surface area contributed by atoms with E-state index in [1.54, 1.807) is 0 Å². The topological polar surface area (TPSA) is 219 Å². The van der Waals surface area contributed by atoms with Gasteiger partial charge >= 0.3 is 17.4 Å². The molecule has 13 nitrogen and oxygen atoms in total. The zero-order valence-corrected chi connectivity index (χ0v) is 8.15. The smallest absolute Gasteiger partial charge is 0.400 e. The molecule has 0 aliphatic carbocycles. The Kier molecular flexibility index (Phi) is 57.6. The van der Waals surface area contributed by atoms with Crippen LogP contribution in [-0.2, 0) is 17.4 Å². The van der Waals surface area contributed by atoms with Gasteiger partial charge in [0.1, 0.15) is 0 Å². The summed E-state index contributed by atoms with van der Waals surface area (Å²) in [7, 11) is 1.00. The van der Waals surface area contributed by atoms with Crippen molar-refractivity contribution in [2.75, 3.05) is 7.11 Å². The van der Waals surface area contributed by atoms with Gasteiger partial charge in [0.25, 0.3) is 0 Å². The summed E-state index contributed by atoms with van der Waals surface area (Å²) < 4.78 is 0. The standard InChI is InChI=1S/CH4O.Cr.3NO3/c1-2;;3*2-1(3)4/h2H,1H3;;;;/q;+3;3*-1. The molecule has 0 amide bonds. The van der Waals surface area contributed by atoms with Crippen LogP contribution in [0.15, 0.2) is 0 Å². The molecule has 0 heterocycles. The van der Waals surface area contributed by atoms with Crippen LogP contribution in [0, 0.1) is 46.0 Å². The van der Waals surface area contributed by atoms with Crippen molar-refractivity contribution < 1.29 is 37.7 Å². The van der Waals surface area contributed by atoms with Gasteiger partial charge in [-0.15, -0.1) is 0 Å². The van der Waals surface area contributed by atoms with E-state index in [1.807, 2.05) is 0 Å². The Labute approximate surface area is 91.6 Å². The zero-order valence-electron chi connectivity index (χ0n) is 6.87. The molecule has 89 valence electrons. The molecule has 0 aliphatic heterocycles. The minimum absolute atomic E-state index is 0. The Bertz CT molecular complexity index is 118. The minimum Gasteiger partial charge on any atom is -0.400 e. The molecular formula is CH4CrN3O10. The quantitative estimate of drug-likeness (QED) is 0.412. The van der Waals surface area contributed by atoms with E-state index in [9.17, 15) is 0 Å². The van der Waals surface area contributed by atoms with Gasteiger partial charge in [-0.05, 0) is 0 Å². The fraction of sp³-hybridized carbons (Fsp3) is 1.00. The Morgan fingerprint density at radius 3 is 0.667 bits per heavy atom. The van der Waals surface area contributed by atoms with Crippen LogP contribution in [0.4, 0.5) is 0 Å².